The fourth-order valence-electron chi connectivity index (χ4n) is 1.62. The molecule has 0 saturated heterocycles. The van der Waals surface area contributed by atoms with E-state index in [1.54, 1.807) is 24.1 Å². The minimum Gasteiger partial charge on any atom is -0.491 e. The Labute approximate surface area is 121 Å². The Morgan fingerprint density at radius 1 is 1.45 bits per heavy atom. The number of rotatable bonds is 6. The number of H-pyrrole nitrogens is 1. The van der Waals surface area contributed by atoms with Gasteiger partial charge in [0.2, 0.25) is 5.91 Å². The first-order valence-corrected chi connectivity index (χ1v) is 6.50. The minimum absolute atomic E-state index is 0.0338. The van der Waals surface area contributed by atoms with Crippen LogP contribution in [0.4, 0.5) is 0 Å². The number of hydrogen-bond donors (Lipinski definition) is 1. The second kappa shape index (κ2) is 6.91. The van der Waals surface area contributed by atoms with Crippen molar-refractivity contribution in [1.82, 2.24) is 20.1 Å². The second-order valence-corrected chi connectivity index (χ2v) is 4.62. The van der Waals surface area contributed by atoms with Crippen molar-refractivity contribution in [1.29, 1.82) is 0 Å². The summed E-state index contributed by atoms with van der Waals surface area (Å²) >= 11 is 5.96. The van der Waals surface area contributed by atoms with Crippen molar-refractivity contribution in [3.05, 3.63) is 41.4 Å². The van der Waals surface area contributed by atoms with Crippen LogP contribution in [0.5, 0.6) is 5.75 Å². The van der Waals surface area contributed by atoms with E-state index >= 15 is 0 Å². The summed E-state index contributed by atoms with van der Waals surface area (Å²) in [6.07, 6.45) is 1.68. The highest BCUT2D eigenvalue weighted by atomic mass is 35.5. The van der Waals surface area contributed by atoms with E-state index in [9.17, 15) is 4.79 Å². The molecule has 0 spiro atoms. The Kier molecular flexibility index (Phi) is 4.95. The average molecular weight is 295 g/mol. The highest BCUT2D eigenvalue weighted by Gasteiger charge is 2.11. The third kappa shape index (κ3) is 3.96. The van der Waals surface area contributed by atoms with E-state index in [0.29, 0.717) is 23.1 Å². The number of carbonyl (C=O) groups excluding carboxylic acids is 1. The van der Waals surface area contributed by atoms with Crippen molar-refractivity contribution >= 4 is 17.5 Å². The van der Waals surface area contributed by atoms with E-state index in [4.69, 9.17) is 16.3 Å². The number of aromatic nitrogens is 3. The minimum atomic E-state index is -0.0338. The molecule has 0 aliphatic carbocycles. The van der Waals surface area contributed by atoms with E-state index in [2.05, 4.69) is 15.2 Å². The van der Waals surface area contributed by atoms with Crippen molar-refractivity contribution in [2.45, 2.75) is 13.0 Å². The summed E-state index contributed by atoms with van der Waals surface area (Å²) < 4.78 is 5.48. The van der Waals surface area contributed by atoms with Crippen molar-refractivity contribution < 1.29 is 9.53 Å². The largest absolute Gasteiger partial charge is 0.491 e. The first-order valence-electron chi connectivity index (χ1n) is 6.12. The average Bonchev–Trinajstić information content (AvgIpc) is 2.93. The molecule has 1 heterocycles. The number of halogens is 1. The molecule has 0 aliphatic heterocycles. The highest BCUT2D eigenvalue weighted by molar-refractivity contribution is 6.32. The predicted molar refractivity (Wildman–Crippen MR) is 74.4 cm³/mol. The van der Waals surface area contributed by atoms with E-state index in [0.717, 1.165) is 0 Å². The van der Waals surface area contributed by atoms with Crippen LogP contribution in [0.2, 0.25) is 5.02 Å². The summed E-state index contributed by atoms with van der Waals surface area (Å²) in [7, 11) is 1.71. The lowest BCUT2D eigenvalue weighted by Crippen LogP contribution is -2.28. The molecule has 6 nitrogen and oxygen atoms in total. The lowest BCUT2D eigenvalue weighted by Gasteiger charge is -2.15. The summed E-state index contributed by atoms with van der Waals surface area (Å²) in [4.78, 5) is 17.4. The summed E-state index contributed by atoms with van der Waals surface area (Å²) in [5.41, 5.74) is 0. The summed E-state index contributed by atoms with van der Waals surface area (Å²) in [5.74, 6) is 1.20. The van der Waals surface area contributed by atoms with Gasteiger partial charge in [-0.15, -0.1) is 0 Å². The van der Waals surface area contributed by atoms with Gasteiger partial charge < -0.3 is 9.64 Å². The third-order valence-corrected chi connectivity index (χ3v) is 3.00. The molecule has 1 N–H and O–H groups in total. The van der Waals surface area contributed by atoms with Gasteiger partial charge in [-0.3, -0.25) is 9.89 Å². The molecule has 7 heteroatoms. The molecular weight excluding hydrogens is 280 g/mol. The van der Waals surface area contributed by atoms with Gasteiger partial charge in [0.15, 0.2) is 0 Å². The van der Waals surface area contributed by atoms with Crippen LogP contribution in [-0.2, 0) is 11.3 Å². The van der Waals surface area contributed by atoms with Crippen LogP contribution in [-0.4, -0.2) is 39.6 Å². The predicted octanol–water partition coefficient (Wildman–Crippen LogP) is 1.89. The number of para-hydroxylation sites is 1. The molecule has 1 amide bonds. The van der Waals surface area contributed by atoms with E-state index in [-0.39, 0.29) is 18.9 Å². The zero-order valence-corrected chi connectivity index (χ0v) is 11.8. The summed E-state index contributed by atoms with van der Waals surface area (Å²) in [6, 6.07) is 7.17. The van der Waals surface area contributed by atoms with Crippen LogP contribution in [0.25, 0.3) is 0 Å². The number of aromatic amines is 1. The maximum absolute atomic E-state index is 11.9. The Hall–Kier alpha value is -2.08. The van der Waals surface area contributed by atoms with Crippen molar-refractivity contribution in [2.24, 2.45) is 0 Å². The van der Waals surface area contributed by atoms with Crippen LogP contribution in [0, 0.1) is 0 Å². The number of ether oxygens (including phenoxy) is 1. The fourth-order valence-corrected chi connectivity index (χ4v) is 1.81. The number of nitrogens with zero attached hydrogens (tertiary/aromatic N) is 3. The van der Waals surface area contributed by atoms with E-state index < -0.39 is 0 Å². The first kappa shape index (κ1) is 14.3. The SMILES string of the molecule is CN(Cc1ncn[nH]1)C(=O)CCOc1ccccc1Cl. The molecule has 0 aliphatic rings. The number of nitrogens with one attached hydrogen (secondary N) is 1. The van der Waals surface area contributed by atoms with Gasteiger partial charge in [-0.25, -0.2) is 4.98 Å². The van der Waals surface area contributed by atoms with Gasteiger partial charge in [-0.2, -0.15) is 5.10 Å². The molecule has 2 rings (SSSR count). The molecule has 0 atom stereocenters. The molecule has 0 fully saturated rings. The fraction of sp³-hybridized carbons (Fsp3) is 0.308. The molecule has 1 aromatic carbocycles. The van der Waals surface area contributed by atoms with Crippen LogP contribution < -0.4 is 4.74 Å². The van der Waals surface area contributed by atoms with Crippen molar-refractivity contribution in [3.8, 4) is 5.75 Å². The molecule has 0 unspecified atom stereocenters. The quantitative estimate of drug-likeness (QED) is 0.883. The monoisotopic (exact) mass is 294 g/mol. The van der Waals surface area contributed by atoms with Gasteiger partial charge in [-0.05, 0) is 12.1 Å². The summed E-state index contributed by atoms with van der Waals surface area (Å²) in [6.45, 7) is 0.675. The molecular formula is C13H15ClN4O2. The topological polar surface area (TPSA) is 71.1 Å². The van der Waals surface area contributed by atoms with Gasteiger partial charge in [0.1, 0.15) is 17.9 Å². The maximum Gasteiger partial charge on any atom is 0.226 e. The van der Waals surface area contributed by atoms with Crippen LogP contribution in [0.1, 0.15) is 12.2 Å². The highest BCUT2D eigenvalue weighted by Crippen LogP contribution is 2.23. The number of carbonyl (C=O) groups is 1. The smallest absolute Gasteiger partial charge is 0.226 e. The zero-order valence-electron chi connectivity index (χ0n) is 11.0. The summed E-state index contributed by atoms with van der Waals surface area (Å²) in [5, 5.41) is 6.98. The van der Waals surface area contributed by atoms with Gasteiger partial charge in [0.05, 0.1) is 24.6 Å². The van der Waals surface area contributed by atoms with Crippen molar-refractivity contribution in [3.63, 3.8) is 0 Å². The number of benzene rings is 1. The molecule has 0 bridgehead atoms. The Morgan fingerprint density at radius 3 is 2.95 bits per heavy atom. The number of hydrogen-bond acceptors (Lipinski definition) is 4. The number of amides is 1. The van der Waals surface area contributed by atoms with Gasteiger partial charge in [0.25, 0.3) is 0 Å². The van der Waals surface area contributed by atoms with Gasteiger partial charge in [-0.1, -0.05) is 23.7 Å². The van der Waals surface area contributed by atoms with Gasteiger partial charge in [0, 0.05) is 7.05 Å². The van der Waals surface area contributed by atoms with Gasteiger partial charge >= 0.3 is 0 Å². The normalized spacial score (nSPS) is 10.3. The van der Waals surface area contributed by atoms with E-state index in [1.807, 2.05) is 12.1 Å². The zero-order chi connectivity index (χ0) is 14.4. The lowest BCUT2D eigenvalue weighted by atomic mass is 10.3. The third-order valence-electron chi connectivity index (χ3n) is 2.69. The molecule has 2 aromatic rings. The van der Waals surface area contributed by atoms with Crippen molar-refractivity contribution in [2.75, 3.05) is 13.7 Å². The first-order chi connectivity index (χ1) is 9.66. The molecule has 20 heavy (non-hydrogen) atoms. The second-order valence-electron chi connectivity index (χ2n) is 4.21. The van der Waals surface area contributed by atoms with Crippen LogP contribution >= 0.6 is 11.6 Å². The lowest BCUT2D eigenvalue weighted by molar-refractivity contribution is -0.131. The van der Waals surface area contributed by atoms with Crippen LogP contribution in [0.15, 0.2) is 30.6 Å². The standard InChI is InChI=1S/C13H15ClN4O2/c1-18(8-12-15-9-16-17-12)13(19)6-7-20-11-5-3-2-4-10(11)14/h2-5,9H,6-8H2,1H3,(H,15,16,17). The van der Waals surface area contributed by atoms with Crippen LogP contribution in [0.3, 0.4) is 0 Å². The van der Waals surface area contributed by atoms with E-state index in [1.165, 1.54) is 6.33 Å². The Morgan fingerprint density at radius 2 is 2.25 bits per heavy atom. The molecule has 0 radical (unpaired) electrons. The Bertz CT molecular complexity index is 559. The Balaban J connectivity index is 1.76. The molecule has 0 saturated carbocycles. The molecule has 1 aromatic heterocycles. The molecule has 106 valence electrons. The maximum atomic E-state index is 11.9.